The number of aromatic amines is 1. The summed E-state index contributed by atoms with van der Waals surface area (Å²) in [5, 5.41) is 0. The van der Waals surface area contributed by atoms with Gasteiger partial charge in [-0.1, -0.05) is 0 Å². The second-order valence-corrected chi connectivity index (χ2v) is 2.43. The minimum atomic E-state index is 0.568. The molecule has 4 heteroatoms. The SMILES string of the molecule is Cn1cnc2cc(C=O)[nH]c21. The first kappa shape index (κ1) is 6.15. The molecule has 0 bridgehead atoms. The summed E-state index contributed by atoms with van der Waals surface area (Å²) >= 11 is 0. The normalized spacial score (nSPS) is 10.6. The van der Waals surface area contributed by atoms with Crippen molar-refractivity contribution in [1.29, 1.82) is 0 Å². The second kappa shape index (κ2) is 1.95. The number of rotatable bonds is 1. The summed E-state index contributed by atoms with van der Waals surface area (Å²) in [6.07, 6.45) is 2.48. The minimum absolute atomic E-state index is 0.568. The van der Waals surface area contributed by atoms with E-state index in [1.165, 1.54) is 0 Å². The Hall–Kier alpha value is -1.58. The van der Waals surface area contributed by atoms with Crippen LogP contribution in [0, 0.1) is 0 Å². The molecule has 0 aliphatic carbocycles. The van der Waals surface area contributed by atoms with Crippen LogP contribution >= 0.6 is 0 Å². The van der Waals surface area contributed by atoms with E-state index < -0.39 is 0 Å². The summed E-state index contributed by atoms with van der Waals surface area (Å²) in [7, 11) is 1.88. The Morgan fingerprint density at radius 2 is 2.55 bits per heavy atom. The summed E-state index contributed by atoms with van der Waals surface area (Å²) in [4.78, 5) is 17.3. The van der Waals surface area contributed by atoms with Crippen molar-refractivity contribution in [2.24, 2.45) is 7.05 Å². The van der Waals surface area contributed by atoms with Crippen molar-refractivity contribution in [2.75, 3.05) is 0 Å². The Kier molecular flexibility index (Phi) is 1.09. The van der Waals surface area contributed by atoms with E-state index in [9.17, 15) is 4.79 Å². The van der Waals surface area contributed by atoms with Crippen LogP contribution < -0.4 is 0 Å². The van der Waals surface area contributed by atoms with E-state index in [0.717, 1.165) is 17.5 Å². The van der Waals surface area contributed by atoms with Gasteiger partial charge in [-0.3, -0.25) is 4.79 Å². The van der Waals surface area contributed by atoms with Gasteiger partial charge in [-0.05, 0) is 6.07 Å². The fraction of sp³-hybridized carbons (Fsp3) is 0.143. The Bertz CT molecular complexity index is 399. The number of carbonyl (C=O) groups is 1. The van der Waals surface area contributed by atoms with Gasteiger partial charge in [0.15, 0.2) is 6.29 Å². The Morgan fingerprint density at radius 3 is 3.18 bits per heavy atom. The van der Waals surface area contributed by atoms with Gasteiger partial charge in [-0.2, -0.15) is 0 Å². The van der Waals surface area contributed by atoms with Gasteiger partial charge >= 0.3 is 0 Å². The molecule has 2 aromatic heterocycles. The van der Waals surface area contributed by atoms with Crippen LogP contribution in [0.3, 0.4) is 0 Å². The maximum Gasteiger partial charge on any atom is 0.166 e. The highest BCUT2D eigenvalue weighted by atomic mass is 16.1. The molecule has 1 N–H and O–H groups in total. The zero-order chi connectivity index (χ0) is 7.84. The molecule has 0 amide bonds. The van der Waals surface area contributed by atoms with Gasteiger partial charge in [0.1, 0.15) is 11.2 Å². The molecular formula is C7H7N3O. The van der Waals surface area contributed by atoms with Crippen LogP contribution in [0.5, 0.6) is 0 Å². The van der Waals surface area contributed by atoms with Gasteiger partial charge in [0, 0.05) is 7.05 Å². The third-order valence-electron chi connectivity index (χ3n) is 1.65. The average Bonchev–Trinajstić information content (AvgIpc) is 2.53. The van der Waals surface area contributed by atoms with E-state index in [-0.39, 0.29) is 0 Å². The van der Waals surface area contributed by atoms with E-state index in [2.05, 4.69) is 9.97 Å². The molecule has 0 saturated carbocycles. The summed E-state index contributed by atoms with van der Waals surface area (Å²) in [6.45, 7) is 0. The van der Waals surface area contributed by atoms with E-state index >= 15 is 0 Å². The number of nitrogens with one attached hydrogen (secondary N) is 1. The molecule has 0 spiro atoms. The van der Waals surface area contributed by atoms with Crippen LogP contribution in [0.1, 0.15) is 10.5 Å². The lowest BCUT2D eigenvalue weighted by Crippen LogP contribution is -1.85. The predicted octanol–water partition coefficient (Wildman–Crippen LogP) is 0.714. The predicted molar refractivity (Wildman–Crippen MR) is 40.5 cm³/mol. The molecule has 0 aliphatic heterocycles. The van der Waals surface area contributed by atoms with Crippen molar-refractivity contribution in [1.82, 2.24) is 14.5 Å². The zero-order valence-electron chi connectivity index (χ0n) is 6.03. The molecule has 56 valence electrons. The van der Waals surface area contributed by atoms with Gasteiger partial charge < -0.3 is 9.55 Å². The molecule has 0 aromatic carbocycles. The molecule has 2 aromatic rings. The molecule has 0 fully saturated rings. The van der Waals surface area contributed by atoms with E-state index in [4.69, 9.17) is 0 Å². The van der Waals surface area contributed by atoms with Gasteiger partial charge in [0.05, 0.1) is 12.0 Å². The lowest BCUT2D eigenvalue weighted by Gasteiger charge is -1.86. The monoisotopic (exact) mass is 149 g/mol. The molecule has 11 heavy (non-hydrogen) atoms. The van der Waals surface area contributed by atoms with Gasteiger partial charge in [-0.25, -0.2) is 4.98 Å². The van der Waals surface area contributed by atoms with Crippen molar-refractivity contribution in [3.05, 3.63) is 18.1 Å². The highest BCUT2D eigenvalue weighted by Gasteiger charge is 2.02. The van der Waals surface area contributed by atoms with Gasteiger partial charge in [0.25, 0.3) is 0 Å². The molecule has 0 saturated heterocycles. The van der Waals surface area contributed by atoms with Crippen molar-refractivity contribution in [3.8, 4) is 0 Å². The number of H-pyrrole nitrogens is 1. The summed E-state index contributed by atoms with van der Waals surface area (Å²) in [5.74, 6) is 0. The average molecular weight is 149 g/mol. The van der Waals surface area contributed by atoms with E-state index in [1.54, 1.807) is 12.4 Å². The Labute approximate surface area is 62.9 Å². The molecule has 4 nitrogen and oxygen atoms in total. The number of carbonyl (C=O) groups excluding carboxylic acids is 1. The molecule has 0 aliphatic rings. The third kappa shape index (κ3) is 0.756. The first-order valence-electron chi connectivity index (χ1n) is 3.26. The van der Waals surface area contributed by atoms with Crippen molar-refractivity contribution in [2.45, 2.75) is 0 Å². The zero-order valence-corrected chi connectivity index (χ0v) is 6.03. The van der Waals surface area contributed by atoms with Crippen molar-refractivity contribution < 1.29 is 4.79 Å². The molecule has 0 radical (unpaired) electrons. The van der Waals surface area contributed by atoms with Gasteiger partial charge in [0.2, 0.25) is 0 Å². The van der Waals surface area contributed by atoms with Crippen molar-refractivity contribution >= 4 is 17.5 Å². The van der Waals surface area contributed by atoms with Crippen LogP contribution in [0.4, 0.5) is 0 Å². The van der Waals surface area contributed by atoms with E-state index in [1.807, 2.05) is 11.6 Å². The van der Waals surface area contributed by atoms with Crippen molar-refractivity contribution in [3.63, 3.8) is 0 Å². The lowest BCUT2D eigenvalue weighted by atomic mass is 10.4. The number of imidazole rings is 1. The smallest absolute Gasteiger partial charge is 0.166 e. The Morgan fingerprint density at radius 1 is 1.73 bits per heavy atom. The number of hydrogen-bond acceptors (Lipinski definition) is 2. The molecule has 0 unspecified atom stereocenters. The van der Waals surface area contributed by atoms with Crippen LogP contribution in [0.15, 0.2) is 12.4 Å². The standard InChI is InChI=1S/C7H7N3O/c1-10-4-8-6-2-5(3-11)9-7(6)10/h2-4,9H,1H3. The maximum absolute atomic E-state index is 10.3. The first-order chi connectivity index (χ1) is 5.31. The van der Waals surface area contributed by atoms with Gasteiger partial charge in [-0.15, -0.1) is 0 Å². The molecule has 2 rings (SSSR count). The highest BCUT2D eigenvalue weighted by molar-refractivity contribution is 5.83. The second-order valence-electron chi connectivity index (χ2n) is 2.43. The molecule has 2 heterocycles. The quantitative estimate of drug-likeness (QED) is 0.607. The maximum atomic E-state index is 10.3. The minimum Gasteiger partial charge on any atom is -0.337 e. The van der Waals surface area contributed by atoms with Crippen LogP contribution in [0.2, 0.25) is 0 Å². The number of aromatic nitrogens is 3. The number of nitrogens with zero attached hydrogens (tertiary/aromatic N) is 2. The van der Waals surface area contributed by atoms with E-state index in [0.29, 0.717) is 5.69 Å². The first-order valence-corrected chi connectivity index (χ1v) is 3.26. The summed E-state index contributed by atoms with van der Waals surface area (Å²) in [6, 6.07) is 1.72. The number of hydrogen-bond donors (Lipinski definition) is 1. The number of aldehydes is 1. The molecule has 0 atom stereocenters. The third-order valence-corrected chi connectivity index (χ3v) is 1.65. The topological polar surface area (TPSA) is 50.7 Å². The number of aryl methyl sites for hydroxylation is 1. The summed E-state index contributed by atoms with van der Waals surface area (Å²) in [5.41, 5.74) is 2.28. The van der Waals surface area contributed by atoms with Crippen LogP contribution in [-0.4, -0.2) is 20.8 Å². The number of fused-ring (bicyclic) bond motifs is 1. The summed E-state index contributed by atoms with van der Waals surface area (Å²) < 4.78 is 1.84. The highest BCUT2D eigenvalue weighted by Crippen LogP contribution is 2.10. The fourth-order valence-corrected chi connectivity index (χ4v) is 1.09. The van der Waals surface area contributed by atoms with Crippen LogP contribution in [0.25, 0.3) is 11.2 Å². The van der Waals surface area contributed by atoms with Crippen LogP contribution in [-0.2, 0) is 7.05 Å². The molecular weight excluding hydrogens is 142 g/mol. The Balaban J connectivity index is 2.79. The lowest BCUT2D eigenvalue weighted by molar-refractivity contribution is 0.111. The fourth-order valence-electron chi connectivity index (χ4n) is 1.09. The largest absolute Gasteiger partial charge is 0.337 e.